The van der Waals surface area contributed by atoms with E-state index in [2.05, 4.69) is 5.10 Å². The van der Waals surface area contributed by atoms with Crippen LogP contribution in [0.4, 0.5) is 5.69 Å². The van der Waals surface area contributed by atoms with E-state index in [0.717, 1.165) is 5.56 Å². The lowest BCUT2D eigenvalue weighted by molar-refractivity contribution is 0.0781. The number of benzene rings is 1. The van der Waals surface area contributed by atoms with Crippen LogP contribution in [0.2, 0.25) is 5.02 Å². The first-order valence-corrected chi connectivity index (χ1v) is 6.66. The third-order valence-corrected chi connectivity index (χ3v) is 3.40. The molecule has 0 aliphatic rings. The zero-order valence-electron chi connectivity index (χ0n) is 12.9. The fourth-order valence-corrected chi connectivity index (χ4v) is 2.17. The minimum atomic E-state index is -0.197. The standard InChI is InChI=1S/C14H17ClN4O2.2ClH/c1-18(7-9-6-17-19(2)8-9)14(20)10-4-11(15)12(16)5-13(10)21-3;;/h4-6,8H,7,16H2,1-3H3;2*1H. The van der Waals surface area contributed by atoms with Crippen LogP contribution in [0.1, 0.15) is 15.9 Å². The highest BCUT2D eigenvalue weighted by Crippen LogP contribution is 2.29. The molecule has 0 aliphatic heterocycles. The zero-order valence-corrected chi connectivity index (χ0v) is 15.3. The highest BCUT2D eigenvalue weighted by Gasteiger charge is 2.19. The summed E-state index contributed by atoms with van der Waals surface area (Å²) >= 11 is 5.99. The van der Waals surface area contributed by atoms with Crippen molar-refractivity contribution < 1.29 is 9.53 Å². The Morgan fingerprint density at radius 3 is 2.61 bits per heavy atom. The molecule has 23 heavy (non-hydrogen) atoms. The molecule has 6 nitrogen and oxygen atoms in total. The van der Waals surface area contributed by atoms with E-state index < -0.39 is 0 Å². The number of aromatic nitrogens is 2. The second kappa shape index (κ2) is 8.86. The highest BCUT2D eigenvalue weighted by molar-refractivity contribution is 6.33. The Morgan fingerprint density at radius 2 is 2.09 bits per heavy atom. The van der Waals surface area contributed by atoms with Crippen LogP contribution in [-0.4, -0.2) is 34.7 Å². The summed E-state index contributed by atoms with van der Waals surface area (Å²) < 4.78 is 6.89. The monoisotopic (exact) mass is 380 g/mol. The van der Waals surface area contributed by atoms with Gasteiger partial charge in [0.15, 0.2) is 0 Å². The van der Waals surface area contributed by atoms with Crippen LogP contribution >= 0.6 is 36.4 Å². The number of aryl methyl sites for hydroxylation is 1. The Labute approximate surface area is 152 Å². The molecule has 0 unspecified atom stereocenters. The molecular formula is C14H19Cl3N4O2. The Kier molecular flexibility index (Phi) is 8.23. The van der Waals surface area contributed by atoms with Gasteiger partial charge in [-0.15, -0.1) is 24.8 Å². The van der Waals surface area contributed by atoms with Gasteiger partial charge in [-0.3, -0.25) is 9.48 Å². The molecule has 1 aromatic carbocycles. The number of halogens is 3. The van der Waals surface area contributed by atoms with E-state index >= 15 is 0 Å². The van der Waals surface area contributed by atoms with Gasteiger partial charge in [0.2, 0.25) is 0 Å². The second-order valence-corrected chi connectivity index (χ2v) is 5.16. The van der Waals surface area contributed by atoms with Crippen LogP contribution in [0.15, 0.2) is 24.5 Å². The predicted molar refractivity (Wildman–Crippen MR) is 95.9 cm³/mol. The van der Waals surface area contributed by atoms with Gasteiger partial charge in [-0.05, 0) is 6.07 Å². The van der Waals surface area contributed by atoms with Gasteiger partial charge in [0.05, 0.1) is 29.6 Å². The largest absolute Gasteiger partial charge is 0.496 e. The predicted octanol–water partition coefficient (Wildman–Crippen LogP) is 2.78. The Morgan fingerprint density at radius 1 is 1.43 bits per heavy atom. The number of hydrogen-bond donors (Lipinski definition) is 1. The van der Waals surface area contributed by atoms with E-state index in [1.165, 1.54) is 13.2 Å². The van der Waals surface area contributed by atoms with Crippen molar-refractivity contribution in [2.24, 2.45) is 7.05 Å². The normalized spacial score (nSPS) is 9.57. The van der Waals surface area contributed by atoms with Crippen molar-refractivity contribution in [2.45, 2.75) is 6.54 Å². The summed E-state index contributed by atoms with van der Waals surface area (Å²) in [6.07, 6.45) is 3.58. The molecule has 9 heteroatoms. The molecule has 0 atom stereocenters. The molecule has 0 bridgehead atoms. The van der Waals surface area contributed by atoms with Gasteiger partial charge < -0.3 is 15.4 Å². The van der Waals surface area contributed by atoms with Crippen molar-refractivity contribution in [3.8, 4) is 5.75 Å². The fraction of sp³-hybridized carbons (Fsp3) is 0.286. The number of nitrogens with two attached hydrogens (primary N) is 1. The van der Waals surface area contributed by atoms with E-state index in [9.17, 15) is 4.79 Å². The van der Waals surface area contributed by atoms with E-state index in [1.54, 1.807) is 28.9 Å². The van der Waals surface area contributed by atoms with Crippen LogP contribution in [0.3, 0.4) is 0 Å². The van der Waals surface area contributed by atoms with Crippen LogP contribution in [0, 0.1) is 0 Å². The minimum Gasteiger partial charge on any atom is -0.496 e. The molecule has 0 saturated heterocycles. The van der Waals surface area contributed by atoms with E-state index in [4.69, 9.17) is 22.1 Å². The van der Waals surface area contributed by atoms with Crippen molar-refractivity contribution in [3.05, 3.63) is 40.7 Å². The van der Waals surface area contributed by atoms with Gasteiger partial charge in [-0.2, -0.15) is 5.10 Å². The van der Waals surface area contributed by atoms with Gasteiger partial charge in [0.1, 0.15) is 5.75 Å². The average molecular weight is 382 g/mol. The Hall–Kier alpha value is -1.63. The quantitative estimate of drug-likeness (QED) is 0.827. The maximum absolute atomic E-state index is 12.5. The first-order valence-electron chi connectivity index (χ1n) is 6.28. The molecule has 0 fully saturated rings. The smallest absolute Gasteiger partial charge is 0.257 e. The summed E-state index contributed by atoms with van der Waals surface area (Å²) in [5.74, 6) is 0.206. The number of carbonyl (C=O) groups is 1. The van der Waals surface area contributed by atoms with E-state index in [1.807, 2.05) is 13.2 Å². The summed E-state index contributed by atoms with van der Waals surface area (Å²) in [7, 11) is 5.02. The zero-order chi connectivity index (χ0) is 15.6. The molecule has 128 valence electrons. The number of nitrogens with zero attached hydrogens (tertiary/aromatic N) is 3. The molecule has 2 aromatic rings. The first kappa shape index (κ1) is 21.4. The molecule has 0 saturated carbocycles. The highest BCUT2D eigenvalue weighted by atomic mass is 35.5. The molecule has 0 aliphatic carbocycles. The van der Waals surface area contributed by atoms with Crippen molar-refractivity contribution >= 4 is 48.0 Å². The number of nitrogen functional groups attached to an aromatic ring is 1. The fourth-order valence-electron chi connectivity index (χ4n) is 2.01. The molecule has 2 N–H and O–H groups in total. The van der Waals surface area contributed by atoms with E-state index in [-0.39, 0.29) is 30.7 Å². The summed E-state index contributed by atoms with van der Waals surface area (Å²) in [6.45, 7) is 0.442. The van der Waals surface area contributed by atoms with Gasteiger partial charge in [-0.1, -0.05) is 11.6 Å². The molecule has 2 rings (SSSR count). The van der Waals surface area contributed by atoms with Crippen molar-refractivity contribution in [3.63, 3.8) is 0 Å². The molecular weight excluding hydrogens is 363 g/mol. The van der Waals surface area contributed by atoms with Crippen LogP contribution < -0.4 is 10.5 Å². The van der Waals surface area contributed by atoms with Gasteiger partial charge in [-0.25, -0.2) is 0 Å². The molecule has 1 amide bonds. The van der Waals surface area contributed by atoms with Gasteiger partial charge >= 0.3 is 0 Å². The number of methoxy groups -OCH3 is 1. The number of ether oxygens (including phenoxy) is 1. The molecule has 0 spiro atoms. The number of rotatable bonds is 4. The maximum atomic E-state index is 12.5. The van der Waals surface area contributed by atoms with Crippen LogP contribution in [-0.2, 0) is 13.6 Å². The van der Waals surface area contributed by atoms with Crippen molar-refractivity contribution in [1.82, 2.24) is 14.7 Å². The average Bonchev–Trinajstić information content (AvgIpc) is 2.85. The minimum absolute atomic E-state index is 0. The third kappa shape index (κ3) is 4.92. The number of carbonyl (C=O) groups excluding carboxylic acids is 1. The van der Waals surface area contributed by atoms with Crippen molar-refractivity contribution in [1.29, 1.82) is 0 Å². The van der Waals surface area contributed by atoms with Crippen LogP contribution in [0.5, 0.6) is 5.75 Å². The lowest BCUT2D eigenvalue weighted by Crippen LogP contribution is -2.26. The summed E-state index contributed by atoms with van der Waals surface area (Å²) in [5.41, 5.74) is 7.41. The second-order valence-electron chi connectivity index (χ2n) is 4.76. The van der Waals surface area contributed by atoms with Crippen molar-refractivity contribution in [2.75, 3.05) is 19.9 Å². The number of hydrogen-bond acceptors (Lipinski definition) is 4. The SMILES string of the molecule is COc1cc(N)c(Cl)cc1C(=O)N(C)Cc1cnn(C)c1.Cl.Cl. The summed E-state index contributed by atoms with van der Waals surface area (Å²) in [5, 5.41) is 4.41. The van der Waals surface area contributed by atoms with Gasteiger partial charge in [0, 0.05) is 38.5 Å². The topological polar surface area (TPSA) is 73.4 Å². The summed E-state index contributed by atoms with van der Waals surface area (Å²) in [4.78, 5) is 14.1. The van der Waals surface area contributed by atoms with Crippen LogP contribution in [0.25, 0.3) is 0 Å². The summed E-state index contributed by atoms with van der Waals surface area (Å²) in [6, 6.07) is 3.07. The number of amides is 1. The van der Waals surface area contributed by atoms with E-state index in [0.29, 0.717) is 28.6 Å². The maximum Gasteiger partial charge on any atom is 0.257 e. The molecule has 1 aromatic heterocycles. The Balaban J connectivity index is 0.00000242. The third-order valence-electron chi connectivity index (χ3n) is 3.07. The molecule has 1 heterocycles. The Bertz CT molecular complexity index is 676. The first-order chi connectivity index (χ1) is 9.92. The number of anilines is 1. The van der Waals surface area contributed by atoms with Gasteiger partial charge in [0.25, 0.3) is 5.91 Å². The lowest BCUT2D eigenvalue weighted by Gasteiger charge is -2.18. The molecule has 0 radical (unpaired) electrons. The lowest BCUT2D eigenvalue weighted by atomic mass is 10.1.